The van der Waals surface area contributed by atoms with E-state index in [1.165, 1.54) is 24.7 Å². The number of aliphatic hydroxyl groups excluding tert-OH is 1. The van der Waals surface area contributed by atoms with Crippen LogP contribution in [0, 0.1) is 20.8 Å². The van der Waals surface area contributed by atoms with E-state index in [4.69, 9.17) is 33.5 Å². The number of rotatable bonds is 15. The van der Waals surface area contributed by atoms with Gasteiger partial charge in [-0.1, -0.05) is 103 Å². The molecule has 0 aliphatic carbocycles. The second-order valence-electron chi connectivity index (χ2n) is 28.8. The van der Waals surface area contributed by atoms with Crippen LogP contribution in [0.25, 0.3) is 44.6 Å². The maximum Gasteiger partial charge on any atom is 0.494 e. The standard InChI is InChI=1S/C32H34N6O4.C24H24BrN5O5S.C23H30BNO4/c1-19(2)37(32(41)42-18-22-8-6-5-7-9-22)24-12-10-23(11-13-24)28-27-16-34-30-29(20(3)15-33-30)38(27)31(35-28)26-14-25(40)17-36(26)21(4)39;1-13-5-7-18(8-6-13)36(33,34)29-11-14(2)21-24(29)26-10-20-22(25)27-23(30(20)21)19-9-17(35-16(4)32)12-28(19)15(3)31;1-17(2)25(21(26)27-16-18-10-8-7-9-11-18)20-14-12-19(13-15-20)24-28-22(3,4)23(5,6)29-24/h5-13,15-16,19,25-26,33,40H,14,17-18H2,1-4H3;5-8,10-11,17,19H,9,12H2,1-4H3;7-15,17H,16H2,1-6H3/t25-,26-;17-,19-;/m11./s1. The zero-order valence-corrected chi connectivity index (χ0v) is 64.7. The van der Waals surface area contributed by atoms with Gasteiger partial charge in [0.1, 0.15) is 35.6 Å². The molecule has 2 N–H and O–H groups in total. The Kier molecular flexibility index (Phi) is 22.1. The van der Waals surface area contributed by atoms with Crippen molar-refractivity contribution in [1.82, 2.24) is 47.5 Å². The highest BCUT2D eigenvalue weighted by atomic mass is 79.9. The van der Waals surface area contributed by atoms with E-state index in [0.717, 1.165) is 55.6 Å². The number of aliphatic hydroxyl groups is 1. The van der Waals surface area contributed by atoms with E-state index in [1.807, 2.05) is 189 Å². The number of hydrogen-bond donors (Lipinski definition) is 2. The van der Waals surface area contributed by atoms with Crippen molar-refractivity contribution >= 4 is 113 Å². The number of aryl methyl sites for hydroxylation is 3. The van der Waals surface area contributed by atoms with Crippen molar-refractivity contribution in [1.29, 1.82) is 0 Å². The van der Waals surface area contributed by atoms with Crippen LogP contribution in [0.5, 0.6) is 0 Å². The summed E-state index contributed by atoms with van der Waals surface area (Å²) in [4.78, 5) is 91.3. The van der Waals surface area contributed by atoms with Gasteiger partial charge in [-0.05, 0) is 156 Å². The van der Waals surface area contributed by atoms with Crippen LogP contribution in [0.4, 0.5) is 21.0 Å². The highest BCUT2D eigenvalue weighted by Crippen LogP contribution is 2.41. The van der Waals surface area contributed by atoms with Crippen LogP contribution in [-0.2, 0) is 61.1 Å². The molecule has 28 heteroatoms. The first-order valence-corrected chi connectivity index (χ1v) is 37.7. The van der Waals surface area contributed by atoms with Crippen LogP contribution in [0.2, 0.25) is 0 Å². The van der Waals surface area contributed by atoms with E-state index >= 15 is 0 Å². The van der Waals surface area contributed by atoms with E-state index in [0.29, 0.717) is 57.1 Å². The first-order valence-electron chi connectivity index (χ1n) is 35.5. The highest BCUT2D eigenvalue weighted by molar-refractivity contribution is 9.10. The molecule has 3 aliphatic heterocycles. The van der Waals surface area contributed by atoms with E-state index in [9.17, 15) is 37.5 Å². The number of esters is 1. The van der Waals surface area contributed by atoms with Gasteiger partial charge in [0.25, 0.3) is 10.0 Å². The van der Waals surface area contributed by atoms with Gasteiger partial charge in [-0.25, -0.2) is 41.9 Å². The quantitative estimate of drug-likeness (QED) is 0.0548. The molecule has 4 atom stereocenters. The third-order valence-corrected chi connectivity index (χ3v) is 22.1. The Balaban J connectivity index is 0.000000153. The topological polar surface area (TPSA) is 280 Å². The van der Waals surface area contributed by atoms with Crippen molar-refractivity contribution in [3.05, 3.63) is 202 Å². The number of hydrogen-bond acceptors (Lipinski definition) is 17. The second kappa shape index (κ2) is 30.9. The first kappa shape index (κ1) is 76.4. The SMILES string of the molecule is CC(=O)N1C[C@H](O)C[C@@H]1c1nc(-c2ccc(N(C(=O)OCc3ccccc3)C(C)C)cc2)c2cnc3[nH]cc(C)c3n12.CC(=O)O[C@@H]1C[C@H](c2nc(Br)c3cnc4c(c(C)cn4S(=O)(=O)c4ccc(C)cc4)n23)N(C(C)=O)C1.CC(C)N(C(=O)OCc1ccccc1)c1ccc(B2OC(C)(C)C(C)(C)O2)cc1. The van der Waals surface area contributed by atoms with E-state index in [1.54, 1.807) is 69.4 Å². The summed E-state index contributed by atoms with van der Waals surface area (Å²) >= 11 is 3.49. The van der Waals surface area contributed by atoms with Crippen molar-refractivity contribution in [2.75, 3.05) is 22.9 Å². The maximum absolute atomic E-state index is 13.5. The number of likely N-dealkylation sites (tertiary alicyclic amines) is 2. The monoisotopic (exact) mass is 1530 g/mol. The number of fused-ring (bicyclic) bond motifs is 6. The van der Waals surface area contributed by atoms with Gasteiger partial charge in [0.2, 0.25) is 11.8 Å². The van der Waals surface area contributed by atoms with Gasteiger partial charge in [0, 0.05) is 81.6 Å². The molecule has 11 aromatic rings. The average Bonchev–Trinajstić information content (AvgIpc) is 1.57. The molecule has 0 unspecified atom stereocenters. The molecular weight excluding hydrogens is 1450 g/mol. The predicted octanol–water partition coefficient (Wildman–Crippen LogP) is 13.5. The third-order valence-electron chi connectivity index (χ3n) is 19.8. The molecule has 14 rings (SSSR count). The normalized spacial score (nSPS) is 17.5. The summed E-state index contributed by atoms with van der Waals surface area (Å²) in [5.74, 6) is 0.508. The van der Waals surface area contributed by atoms with Crippen molar-refractivity contribution in [2.24, 2.45) is 0 Å². The largest absolute Gasteiger partial charge is 0.494 e. The fourth-order valence-electron chi connectivity index (χ4n) is 13.8. The maximum atomic E-state index is 13.5. The number of halogens is 1. The lowest BCUT2D eigenvalue weighted by Gasteiger charge is -2.32. The van der Waals surface area contributed by atoms with Crippen molar-refractivity contribution in [3.8, 4) is 11.3 Å². The molecular formula is C79H88BBrN12O13S. The third kappa shape index (κ3) is 15.7. The summed E-state index contributed by atoms with van der Waals surface area (Å²) in [5, 5.41) is 10.5. The minimum atomic E-state index is -3.91. The number of carbonyl (C=O) groups excluding carboxylic acids is 5. The Morgan fingerprint density at radius 3 is 1.71 bits per heavy atom. The fourth-order valence-corrected chi connectivity index (χ4v) is 15.6. The Morgan fingerprint density at radius 1 is 0.654 bits per heavy atom. The van der Waals surface area contributed by atoms with Crippen molar-refractivity contribution < 1.29 is 61.0 Å². The molecule has 0 saturated carbocycles. The summed E-state index contributed by atoms with van der Waals surface area (Å²) in [6, 6.07) is 40.2. The number of nitrogens with one attached hydrogen (secondary N) is 1. The molecule has 5 aromatic carbocycles. The molecule has 6 aromatic heterocycles. The summed E-state index contributed by atoms with van der Waals surface area (Å²) in [6.45, 7) is 26.9. The van der Waals surface area contributed by atoms with E-state index < -0.39 is 47.5 Å². The predicted molar refractivity (Wildman–Crippen MR) is 411 cm³/mol. The van der Waals surface area contributed by atoms with Crippen LogP contribution in [0.1, 0.15) is 141 Å². The Morgan fingerprint density at radius 2 is 1.17 bits per heavy atom. The van der Waals surface area contributed by atoms with Crippen LogP contribution in [0.15, 0.2) is 168 Å². The molecule has 4 amide bonds. The number of nitrogens with zero attached hydrogens (tertiary/aromatic N) is 11. The van der Waals surface area contributed by atoms with Crippen LogP contribution in [-0.4, -0.2) is 147 Å². The molecule has 3 fully saturated rings. The number of carbonyl (C=O) groups is 5. The number of amides is 4. The molecule has 3 aliphatic rings. The number of benzene rings is 5. The Bertz CT molecular complexity index is 5230. The number of ether oxygens (including phenoxy) is 3. The Hall–Kier alpha value is -10.3. The molecule has 0 bridgehead atoms. The van der Waals surface area contributed by atoms with E-state index in [-0.39, 0.29) is 84.1 Å². The Labute approximate surface area is 630 Å². The minimum Gasteiger partial charge on any atom is -0.461 e. The lowest BCUT2D eigenvalue weighted by atomic mass is 9.79. The number of β-amino-alcohol motifs (C(OH)–C–C–N with tert-alkyl or cyclic N) is 1. The summed E-state index contributed by atoms with van der Waals surface area (Å²) in [5.41, 5.74) is 11.5. The smallest absolute Gasteiger partial charge is 0.461 e. The van der Waals surface area contributed by atoms with Crippen LogP contribution >= 0.6 is 15.9 Å². The lowest BCUT2D eigenvalue weighted by Crippen LogP contribution is -2.41. The van der Waals surface area contributed by atoms with Crippen molar-refractivity contribution in [3.63, 3.8) is 0 Å². The fraction of sp³-hybridized carbons (Fsp3) is 0.354. The summed E-state index contributed by atoms with van der Waals surface area (Å²) in [6.07, 6.45) is 5.68. The van der Waals surface area contributed by atoms with Gasteiger partial charge >= 0.3 is 25.3 Å². The van der Waals surface area contributed by atoms with Crippen LogP contribution in [0.3, 0.4) is 0 Å². The van der Waals surface area contributed by atoms with Gasteiger partial charge in [-0.15, -0.1) is 0 Å². The molecule has 25 nitrogen and oxygen atoms in total. The minimum absolute atomic E-state index is 0.0408. The van der Waals surface area contributed by atoms with E-state index in [2.05, 4.69) is 35.3 Å². The molecule has 558 valence electrons. The van der Waals surface area contributed by atoms with Gasteiger partial charge in [0.15, 0.2) is 11.3 Å². The van der Waals surface area contributed by atoms with Gasteiger partial charge < -0.3 is 43.4 Å². The molecule has 0 spiro atoms. The number of anilines is 2. The lowest BCUT2D eigenvalue weighted by molar-refractivity contribution is -0.146. The zero-order chi connectivity index (χ0) is 76.7. The molecule has 0 radical (unpaired) electrons. The van der Waals surface area contributed by atoms with Gasteiger partial charge in [-0.2, -0.15) is 0 Å². The van der Waals surface area contributed by atoms with Crippen molar-refractivity contribution in [2.45, 2.75) is 175 Å². The number of imidazole rings is 2. The number of aromatic amines is 1. The zero-order valence-electron chi connectivity index (χ0n) is 62.3. The highest BCUT2D eigenvalue weighted by Gasteiger charge is 2.52. The van der Waals surface area contributed by atoms with Gasteiger partial charge in [-0.3, -0.25) is 33.0 Å². The molecule has 107 heavy (non-hydrogen) atoms. The second-order valence-corrected chi connectivity index (χ2v) is 31.3. The summed E-state index contributed by atoms with van der Waals surface area (Å²) in [7, 11) is -4.34. The summed E-state index contributed by atoms with van der Waals surface area (Å²) < 4.78 is 61.4. The number of aromatic nitrogens is 8. The molecule has 9 heterocycles. The van der Waals surface area contributed by atoms with Crippen LogP contribution < -0.4 is 15.3 Å². The number of H-pyrrole nitrogens is 1. The molecule has 3 saturated heterocycles. The van der Waals surface area contributed by atoms with Gasteiger partial charge in [0.05, 0.1) is 81.0 Å². The average molecular weight is 1540 g/mol. The first-order chi connectivity index (χ1) is 50.8.